The minimum Gasteiger partial charge on any atom is -0.350 e. The van der Waals surface area contributed by atoms with Gasteiger partial charge in [0.15, 0.2) is 0 Å². The second kappa shape index (κ2) is 7.39. The second-order valence-electron chi connectivity index (χ2n) is 7.39. The highest BCUT2D eigenvalue weighted by molar-refractivity contribution is 6.07. The van der Waals surface area contributed by atoms with Crippen LogP contribution in [0.15, 0.2) is 60.8 Å². The number of fused-ring (bicyclic) bond motifs is 1. The van der Waals surface area contributed by atoms with E-state index in [-0.39, 0.29) is 17.6 Å². The predicted octanol–water partition coefficient (Wildman–Crippen LogP) is 3.84. The van der Waals surface area contributed by atoms with Gasteiger partial charge in [0.1, 0.15) is 5.78 Å². The zero-order valence-corrected chi connectivity index (χ0v) is 15.6. The topological polar surface area (TPSA) is 42.3 Å². The van der Waals surface area contributed by atoms with Crippen molar-refractivity contribution in [1.29, 1.82) is 0 Å². The highest BCUT2D eigenvalue weighted by Gasteiger charge is 2.29. The summed E-state index contributed by atoms with van der Waals surface area (Å²) in [7, 11) is 1.96. The van der Waals surface area contributed by atoms with Gasteiger partial charge in [-0.05, 0) is 24.5 Å². The van der Waals surface area contributed by atoms with Crippen molar-refractivity contribution in [3.8, 4) is 0 Å². The lowest BCUT2D eigenvalue weighted by Gasteiger charge is -2.32. The maximum atomic E-state index is 13.2. The molecule has 1 amide bonds. The quantitative estimate of drug-likeness (QED) is 0.709. The van der Waals surface area contributed by atoms with Gasteiger partial charge in [0, 0.05) is 49.6 Å². The Bertz CT molecular complexity index is 974. The lowest BCUT2D eigenvalue weighted by atomic mass is 9.90. The molecule has 138 valence electrons. The lowest BCUT2D eigenvalue weighted by Crippen LogP contribution is -2.42. The number of carbonyl (C=O) groups excluding carboxylic acids is 2. The molecule has 1 unspecified atom stereocenters. The summed E-state index contributed by atoms with van der Waals surface area (Å²) in [6.07, 6.45) is 4.09. The Balaban J connectivity index is 1.50. The standard InChI is InChI=1S/C23H24N2O2/c1-24-16-20(19-11-5-6-12-21(19)24)23(27)25-13-7-10-18(15-25)22(26)14-17-8-3-2-4-9-17/h2-6,8-9,11-12,16,18H,7,10,13-15H2,1H3. The molecular formula is C23H24N2O2. The number of amides is 1. The van der Waals surface area contributed by atoms with Crippen molar-refractivity contribution < 1.29 is 9.59 Å². The molecule has 0 N–H and O–H groups in total. The van der Waals surface area contributed by atoms with E-state index in [1.165, 1.54) is 0 Å². The second-order valence-corrected chi connectivity index (χ2v) is 7.39. The van der Waals surface area contributed by atoms with Crippen molar-refractivity contribution in [3.63, 3.8) is 0 Å². The van der Waals surface area contributed by atoms with Gasteiger partial charge in [-0.25, -0.2) is 0 Å². The van der Waals surface area contributed by atoms with Gasteiger partial charge < -0.3 is 9.47 Å². The van der Waals surface area contributed by atoms with Gasteiger partial charge in [0.25, 0.3) is 5.91 Å². The van der Waals surface area contributed by atoms with Crippen LogP contribution in [0.5, 0.6) is 0 Å². The molecule has 4 heteroatoms. The van der Waals surface area contributed by atoms with Crippen molar-refractivity contribution >= 4 is 22.6 Å². The summed E-state index contributed by atoms with van der Waals surface area (Å²) in [5.41, 5.74) is 2.82. The molecule has 0 saturated carbocycles. The Morgan fingerprint density at radius 2 is 1.78 bits per heavy atom. The molecule has 0 bridgehead atoms. The van der Waals surface area contributed by atoms with Gasteiger partial charge in [-0.15, -0.1) is 0 Å². The van der Waals surface area contributed by atoms with Crippen molar-refractivity contribution in [1.82, 2.24) is 9.47 Å². The minimum atomic E-state index is -0.0714. The SMILES string of the molecule is Cn1cc(C(=O)N2CCCC(C(=O)Cc3ccccc3)C2)c2ccccc21. The van der Waals surface area contributed by atoms with Crippen molar-refractivity contribution in [2.75, 3.05) is 13.1 Å². The zero-order chi connectivity index (χ0) is 18.8. The number of benzene rings is 2. The van der Waals surface area contributed by atoms with Crippen molar-refractivity contribution in [3.05, 3.63) is 71.9 Å². The number of hydrogen-bond donors (Lipinski definition) is 0. The average molecular weight is 360 g/mol. The first-order chi connectivity index (χ1) is 13.1. The lowest BCUT2D eigenvalue weighted by molar-refractivity contribution is -0.123. The predicted molar refractivity (Wildman–Crippen MR) is 107 cm³/mol. The largest absolute Gasteiger partial charge is 0.350 e. The van der Waals surface area contributed by atoms with E-state index in [1.54, 1.807) is 0 Å². The maximum Gasteiger partial charge on any atom is 0.256 e. The summed E-state index contributed by atoms with van der Waals surface area (Å²) in [4.78, 5) is 27.8. The van der Waals surface area contributed by atoms with E-state index in [4.69, 9.17) is 0 Å². The number of hydrogen-bond acceptors (Lipinski definition) is 2. The molecule has 1 aromatic heterocycles. The van der Waals surface area contributed by atoms with Crippen molar-refractivity contribution in [2.24, 2.45) is 13.0 Å². The molecule has 1 saturated heterocycles. The van der Waals surface area contributed by atoms with Gasteiger partial charge in [0.2, 0.25) is 0 Å². The van der Waals surface area contributed by atoms with Crippen LogP contribution < -0.4 is 0 Å². The third-order valence-corrected chi connectivity index (χ3v) is 5.51. The van der Waals surface area contributed by atoms with E-state index in [1.807, 2.05) is 77.3 Å². The van der Waals surface area contributed by atoms with Gasteiger partial charge in [-0.1, -0.05) is 48.5 Å². The summed E-state index contributed by atoms with van der Waals surface area (Å²) in [5.74, 6) is 0.193. The Morgan fingerprint density at radius 3 is 2.59 bits per heavy atom. The third kappa shape index (κ3) is 3.52. The number of nitrogens with zero attached hydrogens (tertiary/aromatic N) is 2. The molecule has 1 aliphatic rings. The number of carbonyl (C=O) groups is 2. The summed E-state index contributed by atoms with van der Waals surface area (Å²) < 4.78 is 1.99. The normalized spacial score (nSPS) is 17.2. The summed E-state index contributed by atoms with van der Waals surface area (Å²) in [6, 6.07) is 17.8. The Morgan fingerprint density at radius 1 is 1.04 bits per heavy atom. The highest BCUT2D eigenvalue weighted by atomic mass is 16.2. The van der Waals surface area contributed by atoms with E-state index >= 15 is 0 Å². The van der Waals surface area contributed by atoms with Crippen LogP contribution in [-0.2, 0) is 18.3 Å². The molecular weight excluding hydrogens is 336 g/mol. The smallest absolute Gasteiger partial charge is 0.256 e. The van der Waals surface area contributed by atoms with Gasteiger partial charge in [0.05, 0.1) is 5.56 Å². The van der Waals surface area contributed by atoms with Crippen LogP contribution in [-0.4, -0.2) is 34.2 Å². The monoisotopic (exact) mass is 360 g/mol. The fourth-order valence-corrected chi connectivity index (χ4v) is 4.05. The Hall–Kier alpha value is -2.88. The van der Waals surface area contributed by atoms with Crippen LogP contribution >= 0.6 is 0 Å². The summed E-state index contributed by atoms with van der Waals surface area (Å²) in [5, 5.41) is 0.975. The van der Waals surface area contributed by atoms with Crippen LogP contribution in [0.2, 0.25) is 0 Å². The van der Waals surface area contributed by atoms with Crippen LogP contribution in [0.4, 0.5) is 0 Å². The molecule has 0 spiro atoms. The average Bonchev–Trinajstić information content (AvgIpc) is 3.05. The van der Waals surface area contributed by atoms with E-state index < -0.39 is 0 Å². The molecule has 2 aromatic carbocycles. The summed E-state index contributed by atoms with van der Waals surface area (Å²) in [6.45, 7) is 1.24. The molecule has 4 rings (SSSR count). The van der Waals surface area contributed by atoms with Crippen LogP contribution in [0.1, 0.15) is 28.8 Å². The van der Waals surface area contributed by atoms with E-state index in [9.17, 15) is 9.59 Å². The maximum absolute atomic E-state index is 13.2. The van der Waals surface area contributed by atoms with Gasteiger partial charge >= 0.3 is 0 Å². The Kier molecular flexibility index (Phi) is 4.80. The fourth-order valence-electron chi connectivity index (χ4n) is 4.05. The number of Topliss-reactive ketones (excluding diaryl/α,β-unsaturated/α-hetero) is 1. The van der Waals surface area contributed by atoms with Crippen LogP contribution in [0.25, 0.3) is 10.9 Å². The number of aryl methyl sites for hydroxylation is 1. The number of para-hydroxylation sites is 1. The summed E-state index contributed by atoms with van der Waals surface area (Å²) >= 11 is 0. The number of likely N-dealkylation sites (tertiary alicyclic amines) is 1. The Labute approximate surface area is 159 Å². The minimum absolute atomic E-state index is 0.0315. The highest BCUT2D eigenvalue weighted by Crippen LogP contribution is 2.25. The third-order valence-electron chi connectivity index (χ3n) is 5.51. The van der Waals surface area contributed by atoms with Gasteiger partial charge in [-0.2, -0.15) is 0 Å². The number of piperidine rings is 1. The molecule has 4 nitrogen and oxygen atoms in total. The van der Waals surface area contributed by atoms with E-state index in [2.05, 4.69) is 0 Å². The molecule has 0 radical (unpaired) electrons. The molecule has 3 aromatic rings. The fraction of sp³-hybridized carbons (Fsp3) is 0.304. The first-order valence-corrected chi connectivity index (χ1v) is 9.53. The van der Waals surface area contributed by atoms with Gasteiger partial charge in [-0.3, -0.25) is 9.59 Å². The molecule has 2 heterocycles. The first kappa shape index (κ1) is 17.5. The number of rotatable bonds is 4. The first-order valence-electron chi connectivity index (χ1n) is 9.53. The van der Waals surface area contributed by atoms with Crippen LogP contribution in [0.3, 0.4) is 0 Å². The molecule has 1 aliphatic heterocycles. The zero-order valence-electron chi connectivity index (χ0n) is 15.6. The van der Waals surface area contributed by atoms with Crippen LogP contribution in [0, 0.1) is 5.92 Å². The molecule has 1 fully saturated rings. The van der Waals surface area contributed by atoms with E-state index in [0.717, 1.165) is 41.4 Å². The molecule has 1 atom stereocenters. The molecule has 0 aliphatic carbocycles. The number of ketones is 1. The molecule has 27 heavy (non-hydrogen) atoms. The van der Waals surface area contributed by atoms with Crippen molar-refractivity contribution in [2.45, 2.75) is 19.3 Å². The van der Waals surface area contributed by atoms with E-state index in [0.29, 0.717) is 13.0 Å². The number of aromatic nitrogens is 1.